The lowest BCUT2D eigenvalue weighted by atomic mass is 10.0. The fourth-order valence-corrected chi connectivity index (χ4v) is 4.21. The van der Waals surface area contributed by atoms with Crippen molar-refractivity contribution in [3.05, 3.63) is 53.7 Å². The van der Waals surface area contributed by atoms with Gasteiger partial charge in [-0.1, -0.05) is 30.3 Å². The summed E-state index contributed by atoms with van der Waals surface area (Å²) in [6.07, 6.45) is 1.20. The maximum Gasteiger partial charge on any atom is 0.268 e. The molecule has 25 heavy (non-hydrogen) atoms. The van der Waals surface area contributed by atoms with E-state index in [0.717, 1.165) is 34.1 Å². The van der Waals surface area contributed by atoms with Crippen LogP contribution in [0.25, 0.3) is 22.0 Å². The van der Waals surface area contributed by atoms with E-state index in [1.807, 2.05) is 37.3 Å². The van der Waals surface area contributed by atoms with Gasteiger partial charge in [-0.15, -0.1) is 0 Å². The van der Waals surface area contributed by atoms with Crippen LogP contribution >= 0.6 is 0 Å². The van der Waals surface area contributed by atoms with Gasteiger partial charge in [0.15, 0.2) is 9.84 Å². The fraction of sp³-hybridized carbons (Fsp3) is 0.211. The van der Waals surface area contributed by atoms with Crippen molar-refractivity contribution in [2.45, 2.75) is 18.4 Å². The maximum absolute atomic E-state index is 12.3. The molecular formula is C19H18N2O3S. The van der Waals surface area contributed by atoms with Crippen molar-refractivity contribution >= 4 is 26.6 Å². The van der Waals surface area contributed by atoms with Gasteiger partial charge in [0.1, 0.15) is 5.69 Å². The molecule has 0 bridgehead atoms. The third-order valence-corrected chi connectivity index (χ3v) is 5.89. The van der Waals surface area contributed by atoms with Crippen molar-refractivity contribution < 1.29 is 13.2 Å². The van der Waals surface area contributed by atoms with E-state index in [0.29, 0.717) is 17.1 Å². The van der Waals surface area contributed by atoms with Gasteiger partial charge in [-0.05, 0) is 30.2 Å². The monoisotopic (exact) mass is 354 g/mol. The van der Waals surface area contributed by atoms with Gasteiger partial charge in [-0.25, -0.2) is 8.42 Å². The number of benzene rings is 2. The van der Waals surface area contributed by atoms with Crippen LogP contribution in [0.1, 0.15) is 16.1 Å². The zero-order valence-corrected chi connectivity index (χ0v) is 14.9. The van der Waals surface area contributed by atoms with Crippen LogP contribution in [0.5, 0.6) is 0 Å². The lowest BCUT2D eigenvalue weighted by Gasteiger charge is -2.18. The van der Waals surface area contributed by atoms with Crippen molar-refractivity contribution in [3.8, 4) is 11.1 Å². The predicted octanol–water partition coefficient (Wildman–Crippen LogP) is 2.76. The summed E-state index contributed by atoms with van der Waals surface area (Å²) in [7, 11) is -3.22. The first kappa shape index (κ1) is 15.9. The minimum atomic E-state index is -3.22. The molecule has 2 aromatic carbocycles. The van der Waals surface area contributed by atoms with Crippen LogP contribution in [0.4, 0.5) is 0 Å². The van der Waals surface area contributed by atoms with E-state index >= 15 is 0 Å². The normalized spacial score (nSPS) is 14.4. The van der Waals surface area contributed by atoms with Crippen LogP contribution in [0, 0.1) is 6.92 Å². The Morgan fingerprint density at radius 1 is 1.08 bits per heavy atom. The van der Waals surface area contributed by atoms with Gasteiger partial charge in [0.05, 0.1) is 10.4 Å². The number of carbonyl (C=O) groups is 1. The zero-order chi connectivity index (χ0) is 17.8. The summed E-state index contributed by atoms with van der Waals surface area (Å²) >= 11 is 0. The molecule has 0 unspecified atom stereocenters. The molecule has 1 aromatic heterocycles. The molecule has 2 heterocycles. The Morgan fingerprint density at radius 2 is 1.80 bits per heavy atom. The highest BCUT2D eigenvalue weighted by Gasteiger charge is 2.25. The van der Waals surface area contributed by atoms with Crippen molar-refractivity contribution in [2.24, 2.45) is 0 Å². The van der Waals surface area contributed by atoms with E-state index in [-0.39, 0.29) is 5.91 Å². The molecule has 1 N–H and O–H groups in total. The first-order chi connectivity index (χ1) is 11.9. The van der Waals surface area contributed by atoms with Crippen LogP contribution in [0.15, 0.2) is 47.4 Å². The van der Waals surface area contributed by atoms with Crippen LogP contribution in [-0.4, -0.2) is 31.7 Å². The Balaban J connectivity index is 1.97. The molecule has 5 nitrogen and oxygen atoms in total. The quantitative estimate of drug-likeness (QED) is 0.769. The highest BCUT2D eigenvalue weighted by molar-refractivity contribution is 7.90. The minimum absolute atomic E-state index is 0.0432. The summed E-state index contributed by atoms with van der Waals surface area (Å²) in [4.78, 5) is 12.6. The highest BCUT2D eigenvalue weighted by atomic mass is 32.2. The smallest absolute Gasteiger partial charge is 0.268 e. The van der Waals surface area contributed by atoms with E-state index < -0.39 is 9.84 Å². The number of hydrogen-bond donors (Lipinski definition) is 1. The number of carbonyl (C=O) groups excluding carboxylic acids is 1. The third kappa shape index (κ3) is 2.44. The Morgan fingerprint density at radius 3 is 2.48 bits per heavy atom. The van der Waals surface area contributed by atoms with Gasteiger partial charge in [0, 0.05) is 30.3 Å². The molecule has 6 heteroatoms. The second-order valence-corrected chi connectivity index (χ2v) is 8.40. The molecule has 0 saturated carbocycles. The summed E-state index contributed by atoms with van der Waals surface area (Å²) in [6.45, 7) is 3.30. The minimum Gasteiger partial charge on any atom is -0.349 e. The van der Waals surface area contributed by atoms with Crippen molar-refractivity contribution in [3.63, 3.8) is 0 Å². The summed E-state index contributed by atoms with van der Waals surface area (Å²) in [6, 6.07) is 12.9. The van der Waals surface area contributed by atoms with Gasteiger partial charge in [-0.3, -0.25) is 4.79 Å². The number of rotatable bonds is 2. The van der Waals surface area contributed by atoms with Crippen molar-refractivity contribution in [1.82, 2.24) is 9.88 Å². The van der Waals surface area contributed by atoms with Crippen LogP contribution < -0.4 is 5.32 Å². The second kappa shape index (κ2) is 5.46. The lowest BCUT2D eigenvalue weighted by molar-refractivity contribution is 0.0928. The van der Waals surface area contributed by atoms with Crippen LogP contribution in [0.3, 0.4) is 0 Å². The van der Waals surface area contributed by atoms with E-state index in [1.165, 1.54) is 6.26 Å². The fourth-order valence-electron chi connectivity index (χ4n) is 3.57. The summed E-state index contributed by atoms with van der Waals surface area (Å²) in [5.74, 6) is -0.0432. The molecule has 1 aliphatic heterocycles. The number of hydrogen-bond acceptors (Lipinski definition) is 3. The Bertz CT molecular complexity index is 1110. The average molecular weight is 354 g/mol. The Labute approximate surface area is 146 Å². The van der Waals surface area contributed by atoms with E-state index in [1.54, 1.807) is 12.1 Å². The third-order valence-electron chi connectivity index (χ3n) is 4.76. The number of amides is 1. The molecule has 0 atom stereocenters. The van der Waals surface area contributed by atoms with E-state index in [2.05, 4.69) is 9.88 Å². The standard InChI is InChI=1S/C19H18N2O3S/c1-12-15-4-3-5-16(13-6-8-14(9-7-13)25(2,23)24)18(15)21-11-10-20-19(22)17(12)21/h3-9H,10-11H2,1-2H3,(H,20,22). The van der Waals surface area contributed by atoms with Gasteiger partial charge in [0.25, 0.3) is 5.91 Å². The Kier molecular flexibility index (Phi) is 3.47. The van der Waals surface area contributed by atoms with Gasteiger partial charge in [-0.2, -0.15) is 0 Å². The predicted molar refractivity (Wildman–Crippen MR) is 97.6 cm³/mol. The summed E-state index contributed by atoms with van der Waals surface area (Å²) < 4.78 is 25.4. The topological polar surface area (TPSA) is 68.2 Å². The Hall–Kier alpha value is -2.60. The number of para-hydroxylation sites is 1. The number of fused-ring (bicyclic) bond motifs is 3. The van der Waals surface area contributed by atoms with Gasteiger partial charge >= 0.3 is 0 Å². The number of sulfone groups is 1. The molecule has 4 rings (SSSR count). The van der Waals surface area contributed by atoms with Crippen LogP contribution in [-0.2, 0) is 16.4 Å². The molecule has 0 radical (unpaired) electrons. The second-order valence-electron chi connectivity index (χ2n) is 6.38. The van der Waals surface area contributed by atoms with E-state index in [9.17, 15) is 13.2 Å². The number of aryl methyl sites for hydroxylation is 1. The zero-order valence-electron chi connectivity index (χ0n) is 14.0. The molecule has 3 aromatic rings. The molecule has 0 fully saturated rings. The molecule has 1 aliphatic rings. The molecule has 0 spiro atoms. The molecule has 128 valence electrons. The molecule has 0 saturated heterocycles. The highest BCUT2D eigenvalue weighted by Crippen LogP contribution is 2.35. The first-order valence-corrected chi connectivity index (χ1v) is 9.97. The van der Waals surface area contributed by atoms with Crippen molar-refractivity contribution in [2.75, 3.05) is 12.8 Å². The summed E-state index contributed by atoms with van der Waals surface area (Å²) in [5, 5.41) is 3.95. The molecule has 1 amide bonds. The lowest BCUT2D eigenvalue weighted by Crippen LogP contribution is -2.35. The maximum atomic E-state index is 12.3. The van der Waals surface area contributed by atoms with Crippen molar-refractivity contribution in [1.29, 1.82) is 0 Å². The number of nitrogens with one attached hydrogen (secondary N) is 1. The summed E-state index contributed by atoms with van der Waals surface area (Å²) in [5.41, 5.74) is 4.64. The first-order valence-electron chi connectivity index (χ1n) is 8.08. The van der Waals surface area contributed by atoms with E-state index in [4.69, 9.17) is 0 Å². The van der Waals surface area contributed by atoms with Gasteiger partial charge in [0.2, 0.25) is 0 Å². The SMILES string of the molecule is Cc1c2n(c3c(-c4ccc(S(C)(=O)=O)cc4)cccc13)CCNC2=O. The van der Waals surface area contributed by atoms with Crippen LogP contribution in [0.2, 0.25) is 0 Å². The molecule has 0 aliphatic carbocycles. The largest absolute Gasteiger partial charge is 0.349 e. The number of aromatic nitrogens is 1. The average Bonchev–Trinajstić information content (AvgIpc) is 2.89. The van der Waals surface area contributed by atoms with Gasteiger partial charge < -0.3 is 9.88 Å². The molecular weight excluding hydrogens is 336 g/mol. The number of nitrogens with zero attached hydrogens (tertiary/aromatic N) is 1.